The van der Waals surface area contributed by atoms with Gasteiger partial charge in [-0.3, -0.25) is 9.35 Å². The molecule has 0 aliphatic carbocycles. The molecule has 10 heteroatoms. The van der Waals surface area contributed by atoms with Gasteiger partial charge in [0.05, 0.1) is 11.4 Å². The van der Waals surface area contributed by atoms with Gasteiger partial charge in [-0.1, -0.05) is 74.5 Å². The van der Waals surface area contributed by atoms with Gasteiger partial charge in [0.15, 0.2) is 5.76 Å². The third-order valence-corrected chi connectivity index (χ3v) is 9.00. The highest BCUT2D eigenvalue weighted by Crippen LogP contribution is 2.35. The number of hydrogen-bond acceptors (Lipinski definition) is 5. The average Bonchev–Trinajstić information content (AvgIpc) is 3.53. The lowest BCUT2D eigenvalue weighted by molar-refractivity contribution is 0.0956. The summed E-state index contributed by atoms with van der Waals surface area (Å²) < 4.78 is 50.4. The lowest BCUT2D eigenvalue weighted by atomic mass is 9.83. The molecule has 4 aromatic carbocycles. The van der Waals surface area contributed by atoms with Crippen molar-refractivity contribution in [1.29, 1.82) is 0 Å². The highest BCUT2D eigenvalue weighted by molar-refractivity contribution is 7.85. The van der Waals surface area contributed by atoms with E-state index in [4.69, 9.17) is 20.7 Å². The van der Waals surface area contributed by atoms with Crippen LogP contribution in [-0.2, 0) is 27.8 Å². The van der Waals surface area contributed by atoms with Gasteiger partial charge in [0.1, 0.15) is 5.82 Å². The maximum absolute atomic E-state index is 13.6. The molecule has 2 N–H and O–H groups in total. The van der Waals surface area contributed by atoms with Crippen LogP contribution in [0.2, 0.25) is 0 Å². The zero-order chi connectivity index (χ0) is 33.8. The number of alkyl halides is 1. The minimum atomic E-state index is -4.17. The van der Waals surface area contributed by atoms with Crippen LogP contribution in [-0.4, -0.2) is 36.3 Å². The van der Waals surface area contributed by atoms with Crippen molar-refractivity contribution in [3.8, 4) is 22.5 Å². The average molecular weight is 675 g/mol. The summed E-state index contributed by atoms with van der Waals surface area (Å²) in [6.45, 7) is 6.30. The van der Waals surface area contributed by atoms with Crippen molar-refractivity contribution in [2.75, 3.05) is 12.3 Å². The molecule has 0 saturated carbocycles. The van der Waals surface area contributed by atoms with Crippen LogP contribution in [0.25, 0.3) is 22.5 Å². The van der Waals surface area contributed by atoms with Crippen LogP contribution in [0.5, 0.6) is 0 Å². The third-order valence-electron chi connectivity index (χ3n) is 7.98. The number of carbonyl (C=O) groups excluding carboxylic acids is 1. The second-order valence-electron chi connectivity index (χ2n) is 12.5. The molecule has 0 aliphatic heterocycles. The Bertz CT molecular complexity index is 1950. The van der Waals surface area contributed by atoms with E-state index < -0.39 is 21.8 Å². The Kier molecular flexibility index (Phi) is 10.3. The molecule has 1 heterocycles. The summed E-state index contributed by atoms with van der Waals surface area (Å²) in [6, 6.07) is 29.7. The van der Waals surface area contributed by atoms with E-state index in [0.29, 0.717) is 23.6 Å². The number of rotatable bonds is 11. The van der Waals surface area contributed by atoms with Gasteiger partial charge < -0.3 is 9.84 Å². The smallest absolute Gasteiger partial charge is 0.266 e. The maximum Gasteiger partial charge on any atom is 0.266 e. The van der Waals surface area contributed by atoms with E-state index in [9.17, 15) is 17.6 Å². The molecule has 244 valence electrons. The highest BCUT2D eigenvalue weighted by Gasteiger charge is 2.22. The Balaban J connectivity index is 1.45. The van der Waals surface area contributed by atoms with Crippen LogP contribution < -0.4 is 5.32 Å². The molecule has 0 saturated heterocycles. The highest BCUT2D eigenvalue weighted by atomic mass is 35.5. The Morgan fingerprint density at radius 3 is 2.17 bits per heavy atom. The molecule has 1 amide bonds. The molecule has 0 radical (unpaired) electrons. The monoisotopic (exact) mass is 674 g/mol. The van der Waals surface area contributed by atoms with E-state index in [0.717, 1.165) is 39.1 Å². The van der Waals surface area contributed by atoms with E-state index in [1.54, 1.807) is 24.3 Å². The first-order valence-electron chi connectivity index (χ1n) is 15.1. The molecule has 1 atom stereocenters. The predicted octanol–water partition coefficient (Wildman–Crippen LogP) is 8.18. The number of hydrogen-bond donors (Lipinski definition) is 2. The summed E-state index contributed by atoms with van der Waals surface area (Å²) in [5, 5.41) is 7.02. The largest absolute Gasteiger partial charge is 0.356 e. The molecular weight excluding hydrogens is 639 g/mol. The SMILES string of the molecule is CC(C)(C)c1ccc(C(Cc2ccc(C(=O)NCCS(=O)(=O)O)cc2)c2cc(-c3cc(CCl)cc(-c4ccc(F)cc4)c3)on2)cc1. The fourth-order valence-electron chi connectivity index (χ4n) is 5.34. The number of halogens is 2. The van der Waals surface area contributed by atoms with Gasteiger partial charge in [0, 0.05) is 35.5 Å². The van der Waals surface area contributed by atoms with Crippen LogP contribution in [0.1, 0.15) is 65.0 Å². The van der Waals surface area contributed by atoms with Crippen molar-refractivity contribution < 1.29 is 26.7 Å². The Labute approximate surface area is 279 Å². The first kappa shape index (κ1) is 34.0. The predicted molar refractivity (Wildman–Crippen MR) is 183 cm³/mol. The molecule has 0 fully saturated rings. The van der Waals surface area contributed by atoms with Gasteiger partial charge in [-0.2, -0.15) is 8.42 Å². The zero-order valence-electron chi connectivity index (χ0n) is 26.3. The van der Waals surface area contributed by atoms with E-state index in [1.807, 2.05) is 36.4 Å². The van der Waals surface area contributed by atoms with Crippen molar-refractivity contribution in [1.82, 2.24) is 10.5 Å². The summed E-state index contributed by atoms with van der Waals surface area (Å²) in [5.41, 5.74) is 7.72. The maximum atomic E-state index is 13.6. The van der Waals surface area contributed by atoms with Gasteiger partial charge in [-0.15, -0.1) is 11.6 Å². The van der Waals surface area contributed by atoms with Gasteiger partial charge in [-0.05, 0) is 87.7 Å². The van der Waals surface area contributed by atoms with E-state index in [1.165, 1.54) is 17.7 Å². The fraction of sp³-hybridized carbons (Fsp3) is 0.243. The van der Waals surface area contributed by atoms with Crippen molar-refractivity contribution >= 4 is 27.6 Å². The van der Waals surface area contributed by atoms with E-state index >= 15 is 0 Å². The normalized spacial score (nSPS) is 12.6. The van der Waals surface area contributed by atoms with Crippen molar-refractivity contribution in [3.05, 3.63) is 136 Å². The van der Waals surface area contributed by atoms with Gasteiger partial charge in [0.2, 0.25) is 0 Å². The van der Waals surface area contributed by atoms with Gasteiger partial charge in [0.25, 0.3) is 16.0 Å². The number of amides is 1. The topological polar surface area (TPSA) is 110 Å². The molecule has 1 unspecified atom stereocenters. The minimum absolute atomic E-state index is 0.0114. The number of benzene rings is 4. The number of nitrogens with zero attached hydrogens (tertiary/aromatic N) is 1. The first-order chi connectivity index (χ1) is 22.3. The van der Waals surface area contributed by atoms with Crippen LogP contribution in [0, 0.1) is 5.82 Å². The molecule has 0 aliphatic rings. The Hall–Kier alpha value is -4.31. The van der Waals surface area contributed by atoms with Crippen LogP contribution >= 0.6 is 11.6 Å². The third kappa shape index (κ3) is 8.94. The molecule has 5 rings (SSSR count). The first-order valence-corrected chi connectivity index (χ1v) is 17.3. The molecule has 7 nitrogen and oxygen atoms in total. The number of nitrogens with one attached hydrogen (secondary N) is 1. The Morgan fingerprint density at radius 2 is 1.55 bits per heavy atom. The summed E-state index contributed by atoms with van der Waals surface area (Å²) in [4.78, 5) is 12.5. The molecule has 47 heavy (non-hydrogen) atoms. The second-order valence-corrected chi connectivity index (χ2v) is 14.4. The summed E-state index contributed by atoms with van der Waals surface area (Å²) in [7, 11) is -4.17. The number of carbonyl (C=O) groups is 1. The summed E-state index contributed by atoms with van der Waals surface area (Å²) >= 11 is 6.25. The molecule has 5 aromatic rings. The van der Waals surface area contributed by atoms with Crippen molar-refractivity contribution in [2.45, 2.75) is 44.4 Å². The molecule has 0 bridgehead atoms. The van der Waals surface area contributed by atoms with E-state index in [2.05, 4.69) is 55.5 Å². The quantitative estimate of drug-likeness (QED) is 0.108. The van der Waals surface area contributed by atoms with Crippen LogP contribution in [0.15, 0.2) is 102 Å². The zero-order valence-corrected chi connectivity index (χ0v) is 27.9. The summed E-state index contributed by atoms with van der Waals surface area (Å²) in [5.74, 6) is -0.615. The van der Waals surface area contributed by atoms with Crippen LogP contribution in [0.4, 0.5) is 4.39 Å². The van der Waals surface area contributed by atoms with Gasteiger partial charge in [-0.25, -0.2) is 4.39 Å². The molecular formula is C37H36ClFN2O5S. The fourth-order valence-corrected chi connectivity index (χ4v) is 5.86. The second kappa shape index (κ2) is 14.2. The van der Waals surface area contributed by atoms with Crippen LogP contribution in [0.3, 0.4) is 0 Å². The Morgan fingerprint density at radius 1 is 0.894 bits per heavy atom. The minimum Gasteiger partial charge on any atom is -0.356 e. The summed E-state index contributed by atoms with van der Waals surface area (Å²) in [6.07, 6.45) is 0.564. The molecule has 1 aromatic heterocycles. The van der Waals surface area contributed by atoms with E-state index in [-0.39, 0.29) is 23.7 Å². The van der Waals surface area contributed by atoms with Crippen molar-refractivity contribution in [2.24, 2.45) is 0 Å². The number of aromatic nitrogens is 1. The standard InChI is InChI=1S/C37H36ClFN2O5S/c1-37(2,3)31-12-8-27(9-13-31)33(20-24-4-6-28(7-5-24)36(42)40-16-17-47(43,44)45)34-22-35(46-41-34)30-19-25(23-38)18-29(21-30)26-10-14-32(39)15-11-26/h4-15,18-19,21-22,33H,16-17,20,23H2,1-3H3,(H,40,42)(H,43,44,45). The lowest BCUT2D eigenvalue weighted by Gasteiger charge is -2.21. The van der Waals surface area contributed by atoms with Crippen molar-refractivity contribution in [3.63, 3.8) is 0 Å². The van der Waals surface area contributed by atoms with Gasteiger partial charge >= 0.3 is 0 Å². The lowest BCUT2D eigenvalue weighted by Crippen LogP contribution is -2.28. The molecule has 0 spiro atoms.